The number of pyridine rings is 1. The van der Waals surface area contributed by atoms with Gasteiger partial charge in [-0.25, -0.2) is 0 Å². The first-order valence-electron chi connectivity index (χ1n) is 7.40. The van der Waals surface area contributed by atoms with Gasteiger partial charge in [0.1, 0.15) is 5.01 Å². The summed E-state index contributed by atoms with van der Waals surface area (Å²) in [5, 5.41) is 13.9. The van der Waals surface area contributed by atoms with E-state index in [-0.39, 0.29) is 6.04 Å². The fourth-order valence-corrected chi connectivity index (χ4v) is 3.73. The van der Waals surface area contributed by atoms with Gasteiger partial charge >= 0.3 is 0 Å². The van der Waals surface area contributed by atoms with Crippen LogP contribution in [0.1, 0.15) is 54.3 Å². The van der Waals surface area contributed by atoms with E-state index in [0.29, 0.717) is 5.92 Å². The highest BCUT2D eigenvalue weighted by molar-refractivity contribution is 7.15. The Morgan fingerprint density at radius 1 is 1.14 bits per heavy atom. The zero-order valence-electron chi connectivity index (χ0n) is 13.7. The van der Waals surface area contributed by atoms with Crippen molar-refractivity contribution in [3.63, 3.8) is 0 Å². The second-order valence-corrected chi connectivity index (χ2v) is 7.11. The van der Waals surface area contributed by atoms with Crippen molar-refractivity contribution in [2.75, 3.05) is 5.32 Å². The Hall–Kier alpha value is -1.49. The lowest BCUT2D eigenvalue weighted by atomic mass is 10.0. The minimum Gasteiger partial charge on any atom is -0.353 e. The number of nitrogens with one attached hydrogen (secondary N) is 1. The predicted octanol–water partition coefficient (Wildman–Crippen LogP) is 4.23. The summed E-state index contributed by atoms with van der Waals surface area (Å²) in [7, 11) is 0. The van der Waals surface area contributed by atoms with Crippen molar-refractivity contribution >= 4 is 16.5 Å². The monoisotopic (exact) mass is 304 g/mol. The molecule has 0 aliphatic carbocycles. The van der Waals surface area contributed by atoms with Crippen molar-refractivity contribution in [1.82, 2.24) is 15.2 Å². The molecule has 1 N–H and O–H groups in total. The Labute approximate surface area is 131 Å². The maximum Gasteiger partial charge on any atom is 0.206 e. The fraction of sp³-hybridized carbons (Fsp3) is 0.562. The SMILES string of the molecule is Cc1cc(C)c(C(C)Nc2nnc(CC(C)C)s2)c(C)n1. The van der Waals surface area contributed by atoms with E-state index in [1.807, 2.05) is 6.92 Å². The lowest BCUT2D eigenvalue weighted by Crippen LogP contribution is -2.11. The molecule has 1 unspecified atom stereocenters. The van der Waals surface area contributed by atoms with Gasteiger partial charge in [-0.2, -0.15) is 0 Å². The fourth-order valence-electron chi connectivity index (χ4n) is 2.69. The molecular weight excluding hydrogens is 280 g/mol. The van der Waals surface area contributed by atoms with Crippen LogP contribution in [0.2, 0.25) is 0 Å². The van der Waals surface area contributed by atoms with Crippen LogP contribution in [-0.2, 0) is 6.42 Å². The highest BCUT2D eigenvalue weighted by atomic mass is 32.1. The van der Waals surface area contributed by atoms with Gasteiger partial charge in [-0.1, -0.05) is 25.2 Å². The molecule has 2 aromatic heterocycles. The van der Waals surface area contributed by atoms with E-state index < -0.39 is 0 Å². The third-order valence-corrected chi connectivity index (χ3v) is 4.28. The third-order valence-electron chi connectivity index (χ3n) is 3.41. The van der Waals surface area contributed by atoms with E-state index in [1.165, 1.54) is 11.1 Å². The lowest BCUT2D eigenvalue weighted by Gasteiger charge is -2.18. The van der Waals surface area contributed by atoms with Gasteiger partial charge in [0.05, 0.1) is 6.04 Å². The van der Waals surface area contributed by atoms with Crippen LogP contribution in [-0.4, -0.2) is 15.2 Å². The summed E-state index contributed by atoms with van der Waals surface area (Å²) in [5.41, 5.74) is 4.67. The van der Waals surface area contributed by atoms with Crippen LogP contribution in [0.4, 0.5) is 5.13 Å². The summed E-state index contributed by atoms with van der Waals surface area (Å²) in [5.74, 6) is 0.606. The summed E-state index contributed by atoms with van der Waals surface area (Å²) >= 11 is 1.65. The topological polar surface area (TPSA) is 50.7 Å². The van der Waals surface area contributed by atoms with E-state index in [9.17, 15) is 0 Å². The molecule has 0 bridgehead atoms. The molecular formula is C16H24N4S. The first-order valence-corrected chi connectivity index (χ1v) is 8.22. The van der Waals surface area contributed by atoms with Crippen molar-refractivity contribution in [3.05, 3.63) is 33.6 Å². The summed E-state index contributed by atoms with van der Waals surface area (Å²) in [6.07, 6.45) is 0.984. The maximum absolute atomic E-state index is 4.57. The van der Waals surface area contributed by atoms with Crippen LogP contribution in [0.3, 0.4) is 0 Å². The van der Waals surface area contributed by atoms with Crippen molar-refractivity contribution in [1.29, 1.82) is 0 Å². The van der Waals surface area contributed by atoms with Crippen LogP contribution in [0.25, 0.3) is 0 Å². The quantitative estimate of drug-likeness (QED) is 0.898. The van der Waals surface area contributed by atoms with E-state index in [2.05, 4.69) is 61.2 Å². The second-order valence-electron chi connectivity index (χ2n) is 6.04. The van der Waals surface area contributed by atoms with Gasteiger partial charge in [-0.15, -0.1) is 10.2 Å². The zero-order valence-corrected chi connectivity index (χ0v) is 14.5. The van der Waals surface area contributed by atoms with Crippen LogP contribution in [0, 0.1) is 26.7 Å². The van der Waals surface area contributed by atoms with E-state index >= 15 is 0 Å². The maximum atomic E-state index is 4.57. The average Bonchev–Trinajstić information content (AvgIpc) is 2.73. The molecule has 114 valence electrons. The number of aryl methyl sites for hydroxylation is 3. The van der Waals surface area contributed by atoms with E-state index in [0.717, 1.165) is 27.9 Å². The molecule has 0 aromatic carbocycles. The average molecular weight is 304 g/mol. The van der Waals surface area contributed by atoms with Crippen molar-refractivity contribution in [2.45, 2.75) is 54.0 Å². The molecule has 0 saturated heterocycles. The normalized spacial score (nSPS) is 12.7. The second kappa shape index (κ2) is 6.52. The van der Waals surface area contributed by atoms with E-state index in [4.69, 9.17) is 0 Å². The van der Waals surface area contributed by atoms with Gasteiger partial charge < -0.3 is 5.32 Å². The predicted molar refractivity (Wildman–Crippen MR) is 88.9 cm³/mol. The van der Waals surface area contributed by atoms with E-state index in [1.54, 1.807) is 11.3 Å². The van der Waals surface area contributed by atoms with Crippen LogP contribution in [0.5, 0.6) is 0 Å². The first-order chi connectivity index (χ1) is 9.86. The number of hydrogen-bond donors (Lipinski definition) is 1. The highest BCUT2D eigenvalue weighted by Gasteiger charge is 2.15. The minimum atomic E-state index is 0.179. The molecule has 2 rings (SSSR count). The molecule has 0 aliphatic rings. The molecule has 0 radical (unpaired) electrons. The van der Waals surface area contributed by atoms with Gasteiger partial charge in [0, 0.05) is 17.8 Å². The van der Waals surface area contributed by atoms with Gasteiger partial charge in [0.15, 0.2) is 0 Å². The van der Waals surface area contributed by atoms with Crippen molar-refractivity contribution in [3.8, 4) is 0 Å². The molecule has 2 heterocycles. The molecule has 2 aromatic rings. The number of aromatic nitrogens is 3. The highest BCUT2D eigenvalue weighted by Crippen LogP contribution is 2.27. The number of hydrogen-bond acceptors (Lipinski definition) is 5. The summed E-state index contributed by atoms with van der Waals surface area (Å²) in [6, 6.07) is 2.31. The van der Waals surface area contributed by atoms with Crippen LogP contribution in [0.15, 0.2) is 6.07 Å². The smallest absolute Gasteiger partial charge is 0.206 e. The number of nitrogens with zero attached hydrogens (tertiary/aromatic N) is 3. The summed E-state index contributed by atoms with van der Waals surface area (Å²) in [6.45, 7) is 12.8. The Kier molecular flexibility index (Phi) is 4.93. The van der Waals surface area contributed by atoms with Gasteiger partial charge in [-0.3, -0.25) is 4.98 Å². The Balaban J connectivity index is 2.14. The molecule has 0 spiro atoms. The molecule has 5 heteroatoms. The Morgan fingerprint density at radius 3 is 2.48 bits per heavy atom. The third kappa shape index (κ3) is 4.00. The molecule has 0 amide bonds. The number of rotatable bonds is 5. The first kappa shape index (κ1) is 15.9. The molecule has 0 aliphatic heterocycles. The molecule has 4 nitrogen and oxygen atoms in total. The molecule has 1 atom stereocenters. The number of anilines is 1. The van der Waals surface area contributed by atoms with Gasteiger partial charge in [-0.05, 0) is 50.8 Å². The molecule has 0 fully saturated rings. The largest absolute Gasteiger partial charge is 0.353 e. The molecule has 21 heavy (non-hydrogen) atoms. The van der Waals surface area contributed by atoms with Crippen LogP contribution >= 0.6 is 11.3 Å². The van der Waals surface area contributed by atoms with Gasteiger partial charge in [0.25, 0.3) is 0 Å². The van der Waals surface area contributed by atoms with Crippen molar-refractivity contribution < 1.29 is 0 Å². The van der Waals surface area contributed by atoms with Crippen LogP contribution < -0.4 is 5.32 Å². The summed E-state index contributed by atoms with van der Waals surface area (Å²) < 4.78 is 0. The summed E-state index contributed by atoms with van der Waals surface area (Å²) in [4.78, 5) is 4.57. The standard InChI is InChI=1S/C16H24N4S/c1-9(2)7-14-19-20-16(21-14)18-13(6)15-10(3)8-11(4)17-12(15)5/h8-9,13H,7H2,1-6H3,(H,18,20). The zero-order chi connectivity index (χ0) is 15.6. The Morgan fingerprint density at radius 2 is 1.86 bits per heavy atom. The lowest BCUT2D eigenvalue weighted by molar-refractivity contribution is 0.640. The van der Waals surface area contributed by atoms with Crippen molar-refractivity contribution in [2.24, 2.45) is 5.92 Å². The Bertz CT molecular complexity index is 595. The van der Waals surface area contributed by atoms with Gasteiger partial charge in [0.2, 0.25) is 5.13 Å². The minimum absolute atomic E-state index is 0.179. The molecule has 0 saturated carbocycles.